The molecule has 9 nitrogen and oxygen atoms in total. The van der Waals surface area contributed by atoms with Crippen molar-refractivity contribution in [2.24, 2.45) is 0 Å². The number of fused-ring (bicyclic) bond motifs is 1. The van der Waals surface area contributed by atoms with Crippen molar-refractivity contribution in [3.05, 3.63) is 25.3 Å². The summed E-state index contributed by atoms with van der Waals surface area (Å²) in [5, 5.41) is 32.1. The maximum Gasteiger partial charge on any atom is 0.167 e. The van der Waals surface area contributed by atoms with Gasteiger partial charge in [0.15, 0.2) is 23.2 Å². The van der Waals surface area contributed by atoms with Crippen molar-refractivity contribution in [1.82, 2.24) is 19.5 Å². The monoisotopic (exact) mass is 307 g/mol. The van der Waals surface area contributed by atoms with Crippen molar-refractivity contribution in [1.29, 1.82) is 0 Å². The molecule has 0 bridgehead atoms. The molecule has 9 heteroatoms. The van der Waals surface area contributed by atoms with Gasteiger partial charge in [-0.2, -0.15) is 0 Å². The molecule has 4 atom stereocenters. The van der Waals surface area contributed by atoms with Crippen LogP contribution in [0.5, 0.6) is 0 Å². The predicted octanol–water partition coefficient (Wildman–Crippen LogP) is -0.964. The number of nitrogens with one attached hydrogen (secondary N) is 1. The normalized spacial score (nSPS) is 28.1. The fourth-order valence-electron chi connectivity index (χ4n) is 2.45. The zero-order valence-electron chi connectivity index (χ0n) is 11.7. The van der Waals surface area contributed by atoms with Gasteiger partial charge in [-0.3, -0.25) is 4.57 Å². The molecule has 3 rings (SSSR count). The Morgan fingerprint density at radius 1 is 1.32 bits per heavy atom. The minimum absolute atomic E-state index is 0.386. The van der Waals surface area contributed by atoms with Gasteiger partial charge in [-0.1, -0.05) is 6.08 Å². The smallest absolute Gasteiger partial charge is 0.167 e. The number of nitrogens with zero attached hydrogens (tertiary/aromatic N) is 4. The van der Waals surface area contributed by atoms with Crippen LogP contribution in [0.15, 0.2) is 25.3 Å². The third-order valence-corrected chi connectivity index (χ3v) is 3.56. The average molecular weight is 307 g/mol. The van der Waals surface area contributed by atoms with Crippen molar-refractivity contribution < 1.29 is 20.1 Å². The van der Waals surface area contributed by atoms with Gasteiger partial charge in [0, 0.05) is 6.54 Å². The van der Waals surface area contributed by atoms with E-state index in [9.17, 15) is 10.2 Å². The van der Waals surface area contributed by atoms with Gasteiger partial charge < -0.3 is 25.4 Å². The summed E-state index contributed by atoms with van der Waals surface area (Å²) in [5.74, 6) is 0.537. The van der Waals surface area contributed by atoms with Gasteiger partial charge in [0.1, 0.15) is 24.6 Å². The lowest BCUT2D eigenvalue weighted by molar-refractivity contribution is -0.0511. The average Bonchev–Trinajstić information content (AvgIpc) is 3.08. The molecule has 1 aliphatic heterocycles. The van der Waals surface area contributed by atoms with Crippen molar-refractivity contribution in [3.8, 4) is 0 Å². The molecule has 4 N–H and O–H groups in total. The summed E-state index contributed by atoms with van der Waals surface area (Å²) >= 11 is 0. The minimum atomic E-state index is -1.19. The van der Waals surface area contributed by atoms with Gasteiger partial charge in [-0.25, -0.2) is 15.0 Å². The van der Waals surface area contributed by atoms with Crippen LogP contribution in [0, 0.1) is 0 Å². The van der Waals surface area contributed by atoms with Crippen LogP contribution in [0.3, 0.4) is 0 Å². The summed E-state index contributed by atoms with van der Waals surface area (Å²) in [6.45, 7) is 3.76. The number of hydrogen-bond acceptors (Lipinski definition) is 8. The predicted molar refractivity (Wildman–Crippen MR) is 77.0 cm³/mol. The van der Waals surface area contributed by atoms with Crippen LogP contribution in [-0.2, 0) is 4.74 Å². The van der Waals surface area contributed by atoms with E-state index in [0.29, 0.717) is 23.5 Å². The van der Waals surface area contributed by atoms with E-state index in [2.05, 4.69) is 26.8 Å². The number of aliphatic hydroxyl groups is 3. The molecule has 3 heterocycles. The largest absolute Gasteiger partial charge is 0.394 e. The number of ether oxygens (including phenoxy) is 1. The molecule has 22 heavy (non-hydrogen) atoms. The highest BCUT2D eigenvalue weighted by atomic mass is 16.6. The van der Waals surface area contributed by atoms with E-state index >= 15 is 0 Å². The summed E-state index contributed by atoms with van der Waals surface area (Å²) in [5.41, 5.74) is 0.971. The van der Waals surface area contributed by atoms with E-state index in [4.69, 9.17) is 9.84 Å². The first-order chi connectivity index (χ1) is 10.7. The SMILES string of the molecule is C=CCNc1ncnc2c1ncn2[C@H]1O[C@@H](CO)[C@H](O)[C@@H]1O. The lowest BCUT2D eigenvalue weighted by atomic mass is 10.1. The number of hydrogen-bond donors (Lipinski definition) is 4. The van der Waals surface area contributed by atoms with Gasteiger partial charge in [0.05, 0.1) is 12.9 Å². The number of imidazole rings is 1. The molecule has 0 aromatic carbocycles. The topological polar surface area (TPSA) is 126 Å². The molecule has 0 aliphatic carbocycles. The molecule has 1 saturated heterocycles. The van der Waals surface area contributed by atoms with E-state index in [1.165, 1.54) is 17.2 Å². The second-order valence-corrected chi connectivity index (χ2v) is 4.94. The molecule has 0 radical (unpaired) electrons. The van der Waals surface area contributed by atoms with Crippen LogP contribution in [0.1, 0.15) is 6.23 Å². The van der Waals surface area contributed by atoms with Crippen molar-refractivity contribution in [2.45, 2.75) is 24.5 Å². The Morgan fingerprint density at radius 3 is 2.82 bits per heavy atom. The minimum Gasteiger partial charge on any atom is -0.394 e. The first-order valence-corrected chi connectivity index (χ1v) is 6.82. The summed E-state index contributed by atoms with van der Waals surface area (Å²) in [7, 11) is 0. The van der Waals surface area contributed by atoms with Gasteiger partial charge in [-0.15, -0.1) is 6.58 Å². The van der Waals surface area contributed by atoms with Gasteiger partial charge in [0.2, 0.25) is 0 Å². The highest BCUT2D eigenvalue weighted by Gasteiger charge is 2.43. The summed E-state index contributed by atoms with van der Waals surface area (Å²) in [6, 6.07) is 0. The Hall–Kier alpha value is -2.07. The summed E-state index contributed by atoms with van der Waals surface area (Å²) in [6.07, 6.45) is 0.432. The Kier molecular flexibility index (Phi) is 4.03. The van der Waals surface area contributed by atoms with E-state index in [-0.39, 0.29) is 6.61 Å². The molecular weight excluding hydrogens is 290 g/mol. The Labute approximate surface area is 125 Å². The lowest BCUT2D eigenvalue weighted by Crippen LogP contribution is -2.33. The molecular formula is C13H17N5O4. The molecule has 0 unspecified atom stereocenters. The Morgan fingerprint density at radius 2 is 2.14 bits per heavy atom. The Balaban J connectivity index is 1.97. The summed E-state index contributed by atoms with van der Waals surface area (Å²) in [4.78, 5) is 12.5. The highest BCUT2D eigenvalue weighted by molar-refractivity contribution is 5.82. The quantitative estimate of drug-likeness (QED) is 0.520. The number of anilines is 1. The lowest BCUT2D eigenvalue weighted by Gasteiger charge is -2.16. The molecule has 1 fully saturated rings. The fourth-order valence-corrected chi connectivity index (χ4v) is 2.45. The number of aromatic nitrogens is 4. The summed E-state index contributed by atoms with van der Waals surface area (Å²) < 4.78 is 7.00. The van der Waals surface area contributed by atoms with Crippen LogP contribution in [0.2, 0.25) is 0 Å². The second kappa shape index (κ2) is 5.97. The maximum atomic E-state index is 10.1. The van der Waals surface area contributed by atoms with E-state index in [1.54, 1.807) is 6.08 Å². The zero-order chi connectivity index (χ0) is 15.7. The van der Waals surface area contributed by atoms with Crippen LogP contribution in [0.4, 0.5) is 5.82 Å². The Bertz CT molecular complexity index is 675. The molecule has 2 aromatic heterocycles. The molecule has 0 saturated carbocycles. The van der Waals surface area contributed by atoms with Gasteiger partial charge in [-0.05, 0) is 0 Å². The molecule has 0 amide bonds. The number of aliphatic hydroxyl groups excluding tert-OH is 3. The van der Waals surface area contributed by atoms with Crippen molar-refractivity contribution in [2.75, 3.05) is 18.5 Å². The molecule has 0 spiro atoms. The second-order valence-electron chi connectivity index (χ2n) is 4.94. The fraction of sp³-hybridized carbons (Fsp3) is 0.462. The first kappa shape index (κ1) is 14.9. The molecule has 2 aromatic rings. The van der Waals surface area contributed by atoms with Crippen LogP contribution >= 0.6 is 0 Å². The number of rotatable bonds is 5. The van der Waals surface area contributed by atoms with Crippen LogP contribution < -0.4 is 5.32 Å². The van der Waals surface area contributed by atoms with Crippen LogP contribution in [0.25, 0.3) is 11.2 Å². The molecule has 1 aliphatic rings. The third-order valence-electron chi connectivity index (χ3n) is 3.56. The highest BCUT2D eigenvalue weighted by Crippen LogP contribution is 2.31. The standard InChI is InChI=1S/C13H17N5O4/c1-2-3-14-11-8-12(16-5-15-11)18(6-17-8)13-10(21)9(20)7(4-19)22-13/h2,5-7,9-10,13,19-21H,1,3-4H2,(H,14,15,16)/t7-,9-,10-,13-/m0/s1. The first-order valence-electron chi connectivity index (χ1n) is 6.82. The van der Waals surface area contributed by atoms with Gasteiger partial charge >= 0.3 is 0 Å². The van der Waals surface area contributed by atoms with E-state index in [0.717, 1.165) is 0 Å². The van der Waals surface area contributed by atoms with Crippen molar-refractivity contribution >= 4 is 17.0 Å². The zero-order valence-corrected chi connectivity index (χ0v) is 11.7. The maximum absolute atomic E-state index is 10.1. The molecule has 118 valence electrons. The van der Waals surface area contributed by atoms with Crippen LogP contribution in [-0.4, -0.2) is 66.3 Å². The van der Waals surface area contributed by atoms with Gasteiger partial charge in [0.25, 0.3) is 0 Å². The third kappa shape index (κ3) is 2.33. The van der Waals surface area contributed by atoms with E-state index in [1.807, 2.05) is 0 Å². The van der Waals surface area contributed by atoms with E-state index < -0.39 is 24.5 Å². The van der Waals surface area contributed by atoms with Crippen molar-refractivity contribution in [3.63, 3.8) is 0 Å².